The van der Waals surface area contributed by atoms with Crippen LogP contribution >= 0.6 is 0 Å². The number of nitrogens with zero attached hydrogens (tertiary/aromatic N) is 3. The van der Waals surface area contributed by atoms with Crippen molar-refractivity contribution in [2.45, 2.75) is 53.5 Å². The number of aromatic nitrogens is 2. The van der Waals surface area contributed by atoms with Crippen LogP contribution in [-0.2, 0) is 17.7 Å². The molecule has 0 spiro atoms. The van der Waals surface area contributed by atoms with Crippen LogP contribution in [0, 0.1) is 6.92 Å². The van der Waals surface area contributed by atoms with E-state index in [0.717, 1.165) is 66.3 Å². The Morgan fingerprint density at radius 2 is 1.90 bits per heavy atom. The van der Waals surface area contributed by atoms with Gasteiger partial charge in [-0.1, -0.05) is 25.5 Å². The molecule has 0 saturated heterocycles. The summed E-state index contributed by atoms with van der Waals surface area (Å²) in [6.45, 7) is 11.6. The number of carbonyl (C=O) groups excluding carboxylic acids is 1. The highest BCUT2D eigenvalue weighted by atomic mass is 16.5. The van der Waals surface area contributed by atoms with E-state index in [1.54, 1.807) is 0 Å². The third kappa shape index (κ3) is 5.57. The van der Waals surface area contributed by atoms with E-state index < -0.39 is 6.09 Å². The SMILES string of the molecule is CCCCn1c(CCOC(=O)Nc2ccc(N(CC)CC)cc2C)nc2ccccc21. The van der Waals surface area contributed by atoms with Gasteiger partial charge in [-0.2, -0.15) is 0 Å². The number of anilines is 2. The van der Waals surface area contributed by atoms with Crippen molar-refractivity contribution >= 4 is 28.5 Å². The van der Waals surface area contributed by atoms with Crippen molar-refractivity contribution < 1.29 is 9.53 Å². The topological polar surface area (TPSA) is 59.4 Å². The van der Waals surface area contributed by atoms with Crippen LogP contribution < -0.4 is 10.2 Å². The summed E-state index contributed by atoms with van der Waals surface area (Å²) in [7, 11) is 0. The normalized spacial score (nSPS) is 11.0. The molecule has 2 aromatic carbocycles. The maximum atomic E-state index is 12.3. The fraction of sp³-hybridized carbons (Fsp3) is 0.440. The molecule has 0 aliphatic carbocycles. The molecule has 0 fully saturated rings. The zero-order chi connectivity index (χ0) is 22.2. The van der Waals surface area contributed by atoms with Crippen molar-refractivity contribution in [2.75, 3.05) is 29.9 Å². The van der Waals surface area contributed by atoms with Crippen LogP contribution in [0.5, 0.6) is 0 Å². The third-order valence-electron chi connectivity index (χ3n) is 5.60. The molecule has 0 aliphatic heterocycles. The van der Waals surface area contributed by atoms with Crippen molar-refractivity contribution in [2.24, 2.45) is 0 Å². The van der Waals surface area contributed by atoms with E-state index in [4.69, 9.17) is 9.72 Å². The van der Waals surface area contributed by atoms with Gasteiger partial charge < -0.3 is 14.2 Å². The van der Waals surface area contributed by atoms with Gasteiger partial charge in [-0.3, -0.25) is 5.32 Å². The monoisotopic (exact) mass is 422 g/mol. The second kappa shape index (κ2) is 10.8. The molecule has 1 amide bonds. The summed E-state index contributed by atoms with van der Waals surface area (Å²) < 4.78 is 7.71. The lowest BCUT2D eigenvalue weighted by Crippen LogP contribution is -2.22. The minimum absolute atomic E-state index is 0.290. The molecule has 3 rings (SSSR count). The van der Waals surface area contributed by atoms with Gasteiger partial charge in [0.2, 0.25) is 0 Å². The van der Waals surface area contributed by atoms with Crippen LogP contribution in [0.1, 0.15) is 45.0 Å². The van der Waals surface area contributed by atoms with E-state index in [-0.39, 0.29) is 6.61 Å². The molecule has 0 radical (unpaired) electrons. The van der Waals surface area contributed by atoms with Crippen molar-refractivity contribution in [1.82, 2.24) is 9.55 Å². The maximum absolute atomic E-state index is 12.3. The number of aryl methyl sites for hydroxylation is 2. The molecule has 0 saturated carbocycles. The highest BCUT2D eigenvalue weighted by Gasteiger charge is 2.12. The molecule has 0 unspecified atom stereocenters. The molecular weight excluding hydrogens is 388 g/mol. The molecule has 3 aromatic rings. The molecule has 0 atom stereocenters. The van der Waals surface area contributed by atoms with E-state index in [1.807, 2.05) is 37.3 Å². The number of ether oxygens (including phenoxy) is 1. The molecule has 6 nitrogen and oxygen atoms in total. The average molecular weight is 423 g/mol. The van der Waals surface area contributed by atoms with E-state index in [1.165, 1.54) is 0 Å². The zero-order valence-corrected chi connectivity index (χ0v) is 19.1. The molecule has 0 bridgehead atoms. The number of rotatable bonds is 10. The van der Waals surface area contributed by atoms with Crippen LogP contribution in [0.4, 0.5) is 16.2 Å². The number of benzene rings is 2. The van der Waals surface area contributed by atoms with Crippen molar-refractivity contribution in [1.29, 1.82) is 0 Å². The number of unbranched alkanes of at least 4 members (excludes halogenated alkanes) is 1. The molecule has 1 heterocycles. The fourth-order valence-electron chi connectivity index (χ4n) is 3.84. The summed E-state index contributed by atoms with van der Waals surface area (Å²) >= 11 is 0. The minimum atomic E-state index is -0.435. The number of hydrogen-bond acceptors (Lipinski definition) is 4. The highest BCUT2D eigenvalue weighted by molar-refractivity contribution is 5.86. The van der Waals surface area contributed by atoms with Gasteiger partial charge in [0.15, 0.2) is 0 Å². The summed E-state index contributed by atoms with van der Waals surface area (Å²) in [5.41, 5.74) is 5.08. The van der Waals surface area contributed by atoms with E-state index in [0.29, 0.717) is 6.42 Å². The molecule has 0 aliphatic rings. The fourth-order valence-corrected chi connectivity index (χ4v) is 3.84. The zero-order valence-electron chi connectivity index (χ0n) is 19.1. The first-order valence-corrected chi connectivity index (χ1v) is 11.3. The van der Waals surface area contributed by atoms with Gasteiger partial charge >= 0.3 is 6.09 Å². The highest BCUT2D eigenvalue weighted by Crippen LogP contribution is 2.23. The quantitative estimate of drug-likeness (QED) is 0.450. The molecule has 166 valence electrons. The Morgan fingerprint density at radius 3 is 2.61 bits per heavy atom. The van der Waals surface area contributed by atoms with Crippen LogP contribution in [0.25, 0.3) is 11.0 Å². The number of fused-ring (bicyclic) bond motifs is 1. The molecule has 6 heteroatoms. The van der Waals surface area contributed by atoms with Crippen LogP contribution in [-0.4, -0.2) is 35.3 Å². The first-order chi connectivity index (χ1) is 15.1. The largest absolute Gasteiger partial charge is 0.449 e. The first kappa shape index (κ1) is 22.7. The lowest BCUT2D eigenvalue weighted by molar-refractivity contribution is 0.162. The Balaban J connectivity index is 1.59. The number of imidazole rings is 1. The maximum Gasteiger partial charge on any atom is 0.411 e. The van der Waals surface area contributed by atoms with Crippen LogP contribution in [0.2, 0.25) is 0 Å². The van der Waals surface area contributed by atoms with E-state index in [9.17, 15) is 4.79 Å². The number of carbonyl (C=O) groups is 1. The van der Waals surface area contributed by atoms with Gasteiger partial charge in [-0.25, -0.2) is 9.78 Å². The third-order valence-corrected chi connectivity index (χ3v) is 5.60. The van der Waals surface area contributed by atoms with E-state index >= 15 is 0 Å². The Hall–Kier alpha value is -3.02. The second-order valence-electron chi connectivity index (χ2n) is 7.70. The summed E-state index contributed by atoms with van der Waals surface area (Å²) in [5, 5.41) is 2.87. The van der Waals surface area contributed by atoms with Gasteiger partial charge in [0, 0.05) is 37.4 Å². The minimum Gasteiger partial charge on any atom is -0.449 e. The average Bonchev–Trinajstić information content (AvgIpc) is 3.12. The molecular formula is C25H34N4O2. The number of nitrogens with one attached hydrogen (secondary N) is 1. The van der Waals surface area contributed by atoms with Crippen molar-refractivity contribution in [3.05, 3.63) is 53.9 Å². The molecule has 1 aromatic heterocycles. The number of para-hydroxylation sites is 2. The lowest BCUT2D eigenvalue weighted by Gasteiger charge is -2.22. The predicted octanol–water partition coefficient (Wildman–Crippen LogP) is 5.78. The van der Waals surface area contributed by atoms with Crippen LogP contribution in [0.15, 0.2) is 42.5 Å². The van der Waals surface area contributed by atoms with Gasteiger partial charge in [0.05, 0.1) is 11.0 Å². The Morgan fingerprint density at radius 1 is 1.13 bits per heavy atom. The van der Waals surface area contributed by atoms with E-state index in [2.05, 4.69) is 47.7 Å². The second-order valence-corrected chi connectivity index (χ2v) is 7.70. The van der Waals surface area contributed by atoms with Gasteiger partial charge in [-0.05, 0) is 63.1 Å². The lowest BCUT2D eigenvalue weighted by atomic mass is 10.1. The predicted molar refractivity (Wildman–Crippen MR) is 128 cm³/mol. The van der Waals surface area contributed by atoms with Gasteiger partial charge in [0.1, 0.15) is 12.4 Å². The van der Waals surface area contributed by atoms with Crippen LogP contribution in [0.3, 0.4) is 0 Å². The Kier molecular flexibility index (Phi) is 7.93. The molecule has 31 heavy (non-hydrogen) atoms. The standard InChI is InChI=1S/C25H34N4O2/c1-5-8-16-29-23-12-10-9-11-22(23)26-24(29)15-17-31-25(30)27-21-14-13-20(18-19(21)4)28(6-2)7-3/h9-14,18H,5-8,15-17H2,1-4H3,(H,27,30). The Labute approximate surface area is 185 Å². The smallest absolute Gasteiger partial charge is 0.411 e. The summed E-state index contributed by atoms with van der Waals surface area (Å²) in [4.78, 5) is 19.4. The summed E-state index contributed by atoms with van der Waals surface area (Å²) in [6, 6.07) is 14.2. The van der Waals surface area contributed by atoms with Crippen molar-refractivity contribution in [3.63, 3.8) is 0 Å². The summed E-state index contributed by atoms with van der Waals surface area (Å²) in [5.74, 6) is 0.960. The van der Waals surface area contributed by atoms with Gasteiger partial charge in [-0.15, -0.1) is 0 Å². The Bertz CT molecular complexity index is 1010. The number of amides is 1. The first-order valence-electron chi connectivity index (χ1n) is 11.3. The molecule has 1 N–H and O–H groups in total. The van der Waals surface area contributed by atoms with Crippen molar-refractivity contribution in [3.8, 4) is 0 Å². The summed E-state index contributed by atoms with van der Waals surface area (Å²) in [6.07, 6.45) is 2.37. The van der Waals surface area contributed by atoms with Gasteiger partial charge in [0.25, 0.3) is 0 Å². The number of hydrogen-bond donors (Lipinski definition) is 1.